The molecule has 1 saturated carbocycles. The zero-order chi connectivity index (χ0) is 10.7. The smallest absolute Gasteiger partial charge is 0.146 e. The largest absolute Gasteiger partial charge is 0.365 e. The van der Waals surface area contributed by atoms with Crippen molar-refractivity contribution in [3.63, 3.8) is 0 Å². The second kappa shape index (κ2) is 4.62. The first-order chi connectivity index (χ1) is 7.33. The van der Waals surface area contributed by atoms with E-state index in [1.54, 1.807) is 6.07 Å². The molecule has 82 valence electrons. The van der Waals surface area contributed by atoms with Crippen molar-refractivity contribution < 1.29 is 4.39 Å². The third-order valence-corrected chi connectivity index (χ3v) is 3.05. The van der Waals surface area contributed by atoms with Crippen LogP contribution < -0.4 is 10.6 Å². The number of para-hydroxylation sites is 1. The second-order valence-corrected chi connectivity index (χ2v) is 4.02. The number of anilines is 1. The molecule has 3 heteroatoms. The molecule has 0 bridgehead atoms. The lowest BCUT2D eigenvalue weighted by molar-refractivity contribution is 0.384. The molecule has 0 aliphatic heterocycles. The zero-order valence-corrected chi connectivity index (χ0v) is 8.82. The summed E-state index contributed by atoms with van der Waals surface area (Å²) in [5.41, 5.74) is 6.27. The first-order valence-corrected chi connectivity index (χ1v) is 5.54. The summed E-state index contributed by atoms with van der Waals surface area (Å²) in [7, 11) is 0. The van der Waals surface area contributed by atoms with Crippen LogP contribution in [0.15, 0.2) is 24.3 Å². The molecule has 0 atom stereocenters. The maximum absolute atomic E-state index is 13.6. The number of halogens is 1. The first kappa shape index (κ1) is 10.4. The molecule has 0 unspecified atom stereocenters. The van der Waals surface area contributed by atoms with Crippen molar-refractivity contribution in [1.29, 1.82) is 0 Å². The van der Waals surface area contributed by atoms with E-state index < -0.39 is 0 Å². The maximum Gasteiger partial charge on any atom is 0.146 e. The molecular formula is C12H17FN2. The number of hydrogen-bond acceptors (Lipinski definition) is 2. The van der Waals surface area contributed by atoms with E-state index in [0.29, 0.717) is 18.3 Å². The van der Waals surface area contributed by atoms with Gasteiger partial charge in [-0.05, 0) is 31.4 Å². The topological polar surface area (TPSA) is 29.3 Å². The lowest BCUT2D eigenvalue weighted by Crippen LogP contribution is -2.43. The molecule has 0 heterocycles. The van der Waals surface area contributed by atoms with Crippen molar-refractivity contribution in [3.05, 3.63) is 30.1 Å². The van der Waals surface area contributed by atoms with Gasteiger partial charge in [-0.15, -0.1) is 0 Å². The minimum Gasteiger partial charge on any atom is -0.365 e. The van der Waals surface area contributed by atoms with Crippen molar-refractivity contribution in [2.75, 3.05) is 18.0 Å². The fourth-order valence-electron chi connectivity index (χ4n) is 2.02. The van der Waals surface area contributed by atoms with Crippen LogP contribution in [-0.4, -0.2) is 19.1 Å². The van der Waals surface area contributed by atoms with Gasteiger partial charge in [-0.1, -0.05) is 12.1 Å². The molecule has 0 radical (unpaired) electrons. The number of hydrogen-bond donors (Lipinski definition) is 1. The summed E-state index contributed by atoms with van der Waals surface area (Å²) in [6, 6.07) is 7.44. The summed E-state index contributed by atoms with van der Waals surface area (Å²) in [6.07, 6.45) is 3.57. The van der Waals surface area contributed by atoms with Crippen LogP contribution in [0.1, 0.15) is 19.3 Å². The standard InChI is InChI=1S/C12H17FN2/c13-11-6-1-2-7-12(11)15(9-8-14)10-4-3-5-10/h1-2,6-7,10H,3-5,8-9,14H2. The van der Waals surface area contributed by atoms with E-state index in [4.69, 9.17) is 5.73 Å². The lowest BCUT2D eigenvalue weighted by atomic mass is 9.91. The monoisotopic (exact) mass is 208 g/mol. The van der Waals surface area contributed by atoms with E-state index in [2.05, 4.69) is 4.90 Å². The number of nitrogens with zero attached hydrogens (tertiary/aromatic N) is 1. The normalized spacial score (nSPS) is 16.1. The molecule has 2 N–H and O–H groups in total. The first-order valence-electron chi connectivity index (χ1n) is 5.54. The van der Waals surface area contributed by atoms with Gasteiger partial charge in [0.25, 0.3) is 0 Å². The van der Waals surface area contributed by atoms with Crippen molar-refractivity contribution in [2.45, 2.75) is 25.3 Å². The summed E-state index contributed by atoms with van der Waals surface area (Å²) in [4.78, 5) is 2.11. The van der Waals surface area contributed by atoms with Crippen LogP contribution in [0.25, 0.3) is 0 Å². The maximum atomic E-state index is 13.6. The third kappa shape index (κ3) is 2.12. The molecule has 15 heavy (non-hydrogen) atoms. The fourth-order valence-corrected chi connectivity index (χ4v) is 2.02. The van der Waals surface area contributed by atoms with Crippen molar-refractivity contribution in [2.24, 2.45) is 5.73 Å². The Morgan fingerprint density at radius 3 is 2.60 bits per heavy atom. The Morgan fingerprint density at radius 1 is 1.33 bits per heavy atom. The van der Waals surface area contributed by atoms with Crippen LogP contribution >= 0.6 is 0 Å². The Hall–Kier alpha value is -1.09. The van der Waals surface area contributed by atoms with E-state index in [-0.39, 0.29) is 5.82 Å². The molecule has 1 aromatic rings. The van der Waals surface area contributed by atoms with E-state index in [1.807, 2.05) is 12.1 Å². The Kier molecular flexibility index (Phi) is 3.21. The third-order valence-electron chi connectivity index (χ3n) is 3.05. The molecule has 2 nitrogen and oxygen atoms in total. The zero-order valence-electron chi connectivity index (χ0n) is 8.82. The molecule has 2 rings (SSSR count). The molecule has 0 amide bonds. The van der Waals surface area contributed by atoms with Crippen LogP contribution in [0.5, 0.6) is 0 Å². The summed E-state index contributed by atoms with van der Waals surface area (Å²) < 4.78 is 13.6. The average molecular weight is 208 g/mol. The van der Waals surface area contributed by atoms with E-state index >= 15 is 0 Å². The highest BCUT2D eigenvalue weighted by Gasteiger charge is 2.25. The minimum atomic E-state index is -0.141. The molecule has 1 fully saturated rings. The van der Waals surface area contributed by atoms with Gasteiger partial charge in [-0.25, -0.2) is 4.39 Å². The van der Waals surface area contributed by atoms with Crippen LogP contribution in [0.2, 0.25) is 0 Å². The molecular weight excluding hydrogens is 191 g/mol. The van der Waals surface area contributed by atoms with Gasteiger partial charge in [-0.3, -0.25) is 0 Å². The SMILES string of the molecule is NCCN(c1ccccc1F)C1CCC1. The second-order valence-electron chi connectivity index (χ2n) is 4.02. The Balaban J connectivity index is 2.19. The molecule has 1 aromatic carbocycles. The molecule has 0 aromatic heterocycles. The summed E-state index contributed by atoms with van der Waals surface area (Å²) in [5.74, 6) is -0.141. The number of benzene rings is 1. The van der Waals surface area contributed by atoms with Gasteiger partial charge in [-0.2, -0.15) is 0 Å². The highest BCUT2D eigenvalue weighted by Crippen LogP contribution is 2.30. The molecule has 0 spiro atoms. The van der Waals surface area contributed by atoms with Crippen LogP contribution in [0.3, 0.4) is 0 Å². The van der Waals surface area contributed by atoms with Gasteiger partial charge in [0.1, 0.15) is 5.82 Å². The minimum absolute atomic E-state index is 0.141. The molecule has 1 aliphatic carbocycles. The highest BCUT2D eigenvalue weighted by molar-refractivity contribution is 5.49. The fraction of sp³-hybridized carbons (Fsp3) is 0.500. The predicted molar refractivity (Wildman–Crippen MR) is 60.4 cm³/mol. The van der Waals surface area contributed by atoms with Gasteiger partial charge in [0.05, 0.1) is 5.69 Å². The van der Waals surface area contributed by atoms with E-state index in [1.165, 1.54) is 12.5 Å². The Labute approximate surface area is 89.9 Å². The van der Waals surface area contributed by atoms with Gasteiger partial charge < -0.3 is 10.6 Å². The number of nitrogens with two attached hydrogens (primary N) is 1. The van der Waals surface area contributed by atoms with Gasteiger partial charge >= 0.3 is 0 Å². The quantitative estimate of drug-likeness (QED) is 0.821. The van der Waals surface area contributed by atoms with Gasteiger partial charge in [0, 0.05) is 19.1 Å². The van der Waals surface area contributed by atoms with E-state index in [0.717, 1.165) is 19.4 Å². The Bertz CT molecular complexity index is 323. The molecule has 0 saturated heterocycles. The lowest BCUT2D eigenvalue weighted by Gasteiger charge is -2.39. The predicted octanol–water partition coefficient (Wildman–Crippen LogP) is 2.14. The highest BCUT2D eigenvalue weighted by atomic mass is 19.1. The molecule has 1 aliphatic rings. The van der Waals surface area contributed by atoms with Gasteiger partial charge in [0.15, 0.2) is 0 Å². The van der Waals surface area contributed by atoms with Crippen molar-refractivity contribution in [1.82, 2.24) is 0 Å². The van der Waals surface area contributed by atoms with Crippen molar-refractivity contribution >= 4 is 5.69 Å². The van der Waals surface area contributed by atoms with E-state index in [9.17, 15) is 4.39 Å². The van der Waals surface area contributed by atoms with Crippen LogP contribution in [-0.2, 0) is 0 Å². The Morgan fingerprint density at radius 2 is 2.07 bits per heavy atom. The summed E-state index contributed by atoms with van der Waals surface area (Å²) in [5, 5.41) is 0. The number of rotatable bonds is 4. The van der Waals surface area contributed by atoms with Gasteiger partial charge in [0.2, 0.25) is 0 Å². The average Bonchev–Trinajstić information content (AvgIpc) is 2.15. The summed E-state index contributed by atoms with van der Waals surface area (Å²) in [6.45, 7) is 1.32. The summed E-state index contributed by atoms with van der Waals surface area (Å²) >= 11 is 0. The van der Waals surface area contributed by atoms with Crippen LogP contribution in [0, 0.1) is 5.82 Å². The van der Waals surface area contributed by atoms with Crippen molar-refractivity contribution in [3.8, 4) is 0 Å². The van der Waals surface area contributed by atoms with Crippen LogP contribution in [0.4, 0.5) is 10.1 Å².